The molecule has 0 radical (unpaired) electrons. The summed E-state index contributed by atoms with van der Waals surface area (Å²) >= 11 is 0. The molecule has 13 heavy (non-hydrogen) atoms. The van der Waals surface area contributed by atoms with Crippen LogP contribution in [-0.2, 0) is 10.8 Å². The molecule has 0 bridgehead atoms. The van der Waals surface area contributed by atoms with Gasteiger partial charge in [-0.3, -0.25) is 4.21 Å². The van der Waals surface area contributed by atoms with E-state index < -0.39 is 10.8 Å². The monoisotopic (exact) mass is 199 g/mol. The van der Waals surface area contributed by atoms with Crippen molar-refractivity contribution in [2.45, 2.75) is 17.9 Å². The lowest BCUT2D eigenvalue weighted by Gasteiger charge is -2.06. The molecule has 0 aliphatic heterocycles. The Labute approximate surface area is 80.0 Å². The van der Waals surface area contributed by atoms with Crippen LogP contribution in [0, 0.1) is 0 Å². The maximum absolute atomic E-state index is 11.5. The van der Waals surface area contributed by atoms with Gasteiger partial charge in [0.1, 0.15) is 5.75 Å². The molecule has 3 nitrogen and oxygen atoms in total. The molecule has 1 rings (SSSR count). The highest BCUT2D eigenvalue weighted by molar-refractivity contribution is 7.85. The average Bonchev–Trinajstić information content (AvgIpc) is 2.03. The Balaban J connectivity index is 2.83. The summed E-state index contributed by atoms with van der Waals surface area (Å²) in [7, 11) is -1.20. The summed E-state index contributed by atoms with van der Waals surface area (Å²) in [6.07, 6.45) is 0. The number of hydrogen-bond donors (Lipinski definition) is 2. The molecular weight excluding hydrogens is 186 g/mol. The highest BCUT2D eigenvalue weighted by Gasteiger charge is 2.09. The van der Waals surface area contributed by atoms with Crippen LogP contribution in [0.5, 0.6) is 5.75 Å². The van der Waals surface area contributed by atoms with Crippen LogP contribution >= 0.6 is 0 Å². The molecule has 2 unspecified atom stereocenters. The van der Waals surface area contributed by atoms with Gasteiger partial charge in [0.25, 0.3) is 0 Å². The van der Waals surface area contributed by atoms with Crippen LogP contribution in [0.4, 0.5) is 0 Å². The maximum atomic E-state index is 11.5. The van der Waals surface area contributed by atoms with E-state index in [-0.39, 0.29) is 11.8 Å². The molecule has 0 fully saturated rings. The van der Waals surface area contributed by atoms with Crippen LogP contribution in [0.3, 0.4) is 0 Å². The van der Waals surface area contributed by atoms with Crippen LogP contribution < -0.4 is 5.73 Å². The van der Waals surface area contributed by atoms with Crippen LogP contribution in [-0.4, -0.2) is 21.1 Å². The normalized spacial score (nSPS) is 15.2. The quantitative estimate of drug-likeness (QED) is 0.758. The molecule has 1 aromatic rings. The molecule has 0 aliphatic carbocycles. The molecule has 2 atom stereocenters. The van der Waals surface area contributed by atoms with Gasteiger partial charge in [-0.05, 0) is 19.1 Å². The zero-order valence-electron chi connectivity index (χ0n) is 7.43. The van der Waals surface area contributed by atoms with Crippen LogP contribution in [0.1, 0.15) is 6.92 Å². The second kappa shape index (κ2) is 4.39. The lowest BCUT2D eigenvalue weighted by molar-refractivity contribution is 0.461. The summed E-state index contributed by atoms with van der Waals surface area (Å²) in [5.41, 5.74) is 5.51. The number of rotatable bonds is 3. The van der Waals surface area contributed by atoms with Crippen molar-refractivity contribution < 1.29 is 9.32 Å². The predicted octanol–water partition coefficient (Wildman–Crippen LogP) is 0.847. The second-order valence-electron chi connectivity index (χ2n) is 2.96. The minimum absolute atomic E-state index is 0.0708. The molecule has 72 valence electrons. The summed E-state index contributed by atoms with van der Waals surface area (Å²) in [4.78, 5) is 0.458. The zero-order chi connectivity index (χ0) is 9.84. The van der Waals surface area contributed by atoms with Gasteiger partial charge in [0.05, 0.1) is 15.7 Å². The van der Waals surface area contributed by atoms with E-state index in [0.717, 1.165) is 0 Å². The van der Waals surface area contributed by atoms with E-state index in [2.05, 4.69) is 0 Å². The molecule has 0 aliphatic rings. The predicted molar refractivity (Wildman–Crippen MR) is 53.0 cm³/mol. The van der Waals surface area contributed by atoms with Gasteiger partial charge in [-0.25, -0.2) is 0 Å². The first-order valence-corrected chi connectivity index (χ1v) is 5.35. The first-order chi connectivity index (χ1) is 6.11. The number of benzene rings is 1. The van der Waals surface area contributed by atoms with Crippen molar-refractivity contribution >= 4 is 10.8 Å². The third-order valence-electron chi connectivity index (χ3n) is 1.52. The van der Waals surface area contributed by atoms with Crippen LogP contribution in [0.25, 0.3) is 0 Å². The molecule has 3 N–H and O–H groups in total. The first kappa shape index (κ1) is 10.2. The smallest absolute Gasteiger partial charge is 0.131 e. The van der Waals surface area contributed by atoms with Gasteiger partial charge >= 0.3 is 0 Å². The topological polar surface area (TPSA) is 63.3 Å². The number of aromatic hydroxyl groups is 1. The highest BCUT2D eigenvalue weighted by atomic mass is 32.2. The van der Waals surface area contributed by atoms with Crippen LogP contribution in [0.15, 0.2) is 29.2 Å². The molecule has 0 amide bonds. The molecule has 4 heteroatoms. The molecular formula is C9H13NO2S. The fourth-order valence-electron chi connectivity index (χ4n) is 0.978. The van der Waals surface area contributed by atoms with Crippen molar-refractivity contribution in [3.63, 3.8) is 0 Å². The molecule has 0 saturated heterocycles. The Morgan fingerprint density at radius 3 is 2.69 bits per heavy atom. The third-order valence-corrected chi connectivity index (χ3v) is 3.19. The maximum Gasteiger partial charge on any atom is 0.131 e. The third kappa shape index (κ3) is 2.82. The van der Waals surface area contributed by atoms with Gasteiger partial charge in [0.2, 0.25) is 0 Å². The van der Waals surface area contributed by atoms with Crippen molar-refractivity contribution in [2.24, 2.45) is 5.73 Å². The summed E-state index contributed by atoms with van der Waals surface area (Å²) in [5.74, 6) is 0.443. The second-order valence-corrected chi connectivity index (χ2v) is 4.42. The van der Waals surface area contributed by atoms with E-state index in [1.807, 2.05) is 0 Å². The van der Waals surface area contributed by atoms with Crippen molar-refractivity contribution in [3.8, 4) is 5.75 Å². The Morgan fingerprint density at radius 1 is 1.54 bits per heavy atom. The number of hydrogen-bond acceptors (Lipinski definition) is 3. The number of phenols is 1. The van der Waals surface area contributed by atoms with Gasteiger partial charge in [0, 0.05) is 11.8 Å². The van der Waals surface area contributed by atoms with E-state index in [0.29, 0.717) is 10.6 Å². The Hall–Kier alpha value is -0.870. The SMILES string of the molecule is CC(N)CS(=O)c1ccccc1O. The van der Waals surface area contributed by atoms with E-state index in [4.69, 9.17) is 5.73 Å². The molecule has 0 saturated carbocycles. The summed E-state index contributed by atoms with van der Waals surface area (Å²) in [6.45, 7) is 1.79. The number of phenolic OH excluding ortho intramolecular Hbond substituents is 1. The minimum Gasteiger partial charge on any atom is -0.507 e. The lowest BCUT2D eigenvalue weighted by Crippen LogP contribution is -2.22. The van der Waals surface area contributed by atoms with E-state index in [9.17, 15) is 9.32 Å². The largest absolute Gasteiger partial charge is 0.507 e. The first-order valence-electron chi connectivity index (χ1n) is 4.03. The Kier molecular flexibility index (Phi) is 3.45. The summed E-state index contributed by atoms with van der Waals surface area (Å²) in [6, 6.07) is 6.48. The zero-order valence-corrected chi connectivity index (χ0v) is 8.25. The van der Waals surface area contributed by atoms with Gasteiger partial charge in [0.15, 0.2) is 0 Å². The fraction of sp³-hybridized carbons (Fsp3) is 0.333. The lowest BCUT2D eigenvalue weighted by atomic mass is 10.3. The van der Waals surface area contributed by atoms with E-state index in [1.54, 1.807) is 25.1 Å². The van der Waals surface area contributed by atoms with Crippen molar-refractivity contribution in [3.05, 3.63) is 24.3 Å². The van der Waals surface area contributed by atoms with Crippen molar-refractivity contribution in [1.29, 1.82) is 0 Å². The molecule has 1 aromatic carbocycles. The summed E-state index contributed by atoms with van der Waals surface area (Å²) in [5, 5.41) is 9.36. The molecule has 0 spiro atoms. The highest BCUT2D eigenvalue weighted by Crippen LogP contribution is 2.19. The molecule has 0 aromatic heterocycles. The van der Waals surface area contributed by atoms with Crippen molar-refractivity contribution in [2.75, 3.05) is 5.75 Å². The Bertz CT molecular complexity index is 312. The van der Waals surface area contributed by atoms with Crippen LogP contribution in [0.2, 0.25) is 0 Å². The Morgan fingerprint density at radius 2 is 2.15 bits per heavy atom. The average molecular weight is 199 g/mol. The number of nitrogens with two attached hydrogens (primary N) is 1. The van der Waals surface area contributed by atoms with Gasteiger partial charge in [-0.15, -0.1) is 0 Å². The van der Waals surface area contributed by atoms with E-state index in [1.165, 1.54) is 6.07 Å². The van der Waals surface area contributed by atoms with E-state index >= 15 is 0 Å². The summed E-state index contributed by atoms with van der Waals surface area (Å²) < 4.78 is 11.5. The van der Waals surface area contributed by atoms with Crippen molar-refractivity contribution in [1.82, 2.24) is 0 Å². The van der Waals surface area contributed by atoms with Gasteiger partial charge in [-0.2, -0.15) is 0 Å². The number of para-hydroxylation sites is 1. The molecule has 0 heterocycles. The fourth-order valence-corrected chi connectivity index (χ4v) is 2.17. The van der Waals surface area contributed by atoms with Gasteiger partial charge in [-0.1, -0.05) is 12.1 Å². The standard InChI is InChI=1S/C9H13NO2S/c1-7(10)6-13(12)9-5-3-2-4-8(9)11/h2-5,7,11H,6,10H2,1H3. The van der Waals surface area contributed by atoms with Gasteiger partial charge < -0.3 is 10.8 Å². The minimum atomic E-state index is -1.20.